The summed E-state index contributed by atoms with van der Waals surface area (Å²) >= 11 is 0. The number of aliphatic carboxylic acids is 1. The van der Waals surface area contributed by atoms with Gasteiger partial charge in [-0.15, -0.1) is 0 Å². The number of allylic oxidation sites excluding steroid dienone is 1. The number of aliphatic hydroxyl groups is 2. The highest BCUT2D eigenvalue weighted by molar-refractivity contribution is 6.27. The number of hydrogen-bond acceptors (Lipinski definition) is 8. The predicted molar refractivity (Wildman–Crippen MR) is 187 cm³/mol. The number of carboxylic acid groups (broad SMARTS) is 1. The number of nitrogens with zero attached hydrogens (tertiary/aromatic N) is 2. The van der Waals surface area contributed by atoms with Gasteiger partial charge in [-0.2, -0.15) is 0 Å². The van der Waals surface area contributed by atoms with E-state index in [1.807, 2.05) is 45.9 Å². The molecule has 5 rings (SSSR count). The molecule has 2 aliphatic rings. The van der Waals surface area contributed by atoms with E-state index in [0.29, 0.717) is 34.6 Å². The number of aryl methyl sites for hydroxylation is 3. The van der Waals surface area contributed by atoms with E-state index in [1.165, 1.54) is 7.11 Å². The smallest absolute Gasteiger partial charge is 0.310 e. The van der Waals surface area contributed by atoms with Crippen LogP contribution in [0.25, 0.3) is 33.2 Å². The van der Waals surface area contributed by atoms with Crippen LogP contribution in [0, 0.1) is 13.8 Å². The number of rotatable bonds is 11. The summed E-state index contributed by atoms with van der Waals surface area (Å²) in [5.74, 6) is -2.59. The standard InChI is InChI=1S/C37H45N5O7/c1-7-22-18(2)27-15-31-25(17-44)20(4)26(40-31)14-28-19(3)23(9-10-32(45)46)35(41-28)24(13-33(47)49-6)36-34(37(48)38-11-8-12-43)21(5)29(42-36)16-30(22)39-27/h14-16,19,23,39-40,43-44H,7-13,17H2,1-6H3,(H,38,48)(H,45,46). The Morgan fingerprint density at radius 3 is 2.24 bits per heavy atom. The average Bonchev–Trinajstić information content (AvgIpc) is 3.75. The minimum absolute atomic E-state index is 0.0913. The molecule has 3 aromatic rings. The van der Waals surface area contributed by atoms with Crippen molar-refractivity contribution in [3.05, 3.63) is 68.8 Å². The van der Waals surface area contributed by atoms with Crippen LogP contribution in [-0.4, -0.2) is 73.4 Å². The Morgan fingerprint density at radius 1 is 0.939 bits per heavy atom. The van der Waals surface area contributed by atoms with Gasteiger partial charge in [0.1, 0.15) is 0 Å². The summed E-state index contributed by atoms with van der Waals surface area (Å²) < 4.78 is 5.12. The zero-order valence-corrected chi connectivity index (χ0v) is 28.9. The topological polar surface area (TPSA) is 191 Å². The van der Waals surface area contributed by atoms with Crippen molar-refractivity contribution < 1.29 is 34.4 Å². The highest BCUT2D eigenvalue weighted by Crippen LogP contribution is 2.43. The molecule has 12 heteroatoms. The molecule has 0 saturated heterocycles. The van der Waals surface area contributed by atoms with Gasteiger partial charge in [0.15, 0.2) is 0 Å². The second-order valence-corrected chi connectivity index (χ2v) is 12.7. The van der Waals surface area contributed by atoms with E-state index in [9.17, 15) is 29.7 Å². The molecule has 0 radical (unpaired) electrons. The molecule has 0 spiro atoms. The molecule has 2 aliphatic heterocycles. The molecule has 49 heavy (non-hydrogen) atoms. The van der Waals surface area contributed by atoms with Crippen LogP contribution in [0.2, 0.25) is 0 Å². The first-order valence-electron chi connectivity index (χ1n) is 16.7. The van der Waals surface area contributed by atoms with Gasteiger partial charge in [0.05, 0.1) is 42.8 Å². The number of carbonyl (C=O) groups is 3. The molecule has 3 aromatic heterocycles. The molecule has 0 aliphatic carbocycles. The summed E-state index contributed by atoms with van der Waals surface area (Å²) in [5, 5.41) is 32.3. The number of aromatic amines is 2. The van der Waals surface area contributed by atoms with Crippen LogP contribution in [0.4, 0.5) is 0 Å². The van der Waals surface area contributed by atoms with Gasteiger partial charge >= 0.3 is 11.9 Å². The van der Waals surface area contributed by atoms with Crippen molar-refractivity contribution in [2.45, 2.75) is 85.2 Å². The molecule has 0 fully saturated rings. The van der Waals surface area contributed by atoms with E-state index in [2.05, 4.69) is 22.2 Å². The van der Waals surface area contributed by atoms with Crippen molar-refractivity contribution >= 4 is 51.1 Å². The Morgan fingerprint density at radius 2 is 1.61 bits per heavy atom. The summed E-state index contributed by atoms with van der Waals surface area (Å²) in [4.78, 5) is 55.9. The monoisotopic (exact) mass is 671 g/mol. The van der Waals surface area contributed by atoms with Gasteiger partial charge < -0.3 is 35.3 Å². The maximum atomic E-state index is 13.9. The summed E-state index contributed by atoms with van der Waals surface area (Å²) in [7, 11) is 1.29. The third-order valence-corrected chi connectivity index (χ3v) is 9.84. The third kappa shape index (κ3) is 6.88. The molecule has 0 saturated carbocycles. The maximum absolute atomic E-state index is 13.9. The van der Waals surface area contributed by atoms with Crippen LogP contribution in [0.15, 0.2) is 18.2 Å². The Kier molecular flexibility index (Phi) is 10.7. The summed E-state index contributed by atoms with van der Waals surface area (Å²) in [6, 6.07) is 5.80. The molecule has 1 amide bonds. The molecule has 5 heterocycles. The largest absolute Gasteiger partial charge is 0.481 e. The zero-order valence-electron chi connectivity index (χ0n) is 28.9. The van der Waals surface area contributed by atoms with Crippen molar-refractivity contribution in [2.75, 3.05) is 20.3 Å². The number of ether oxygens (including phenoxy) is 1. The van der Waals surface area contributed by atoms with Crippen LogP contribution in [0.1, 0.15) is 102 Å². The van der Waals surface area contributed by atoms with Crippen LogP contribution >= 0.6 is 0 Å². The number of carbonyl (C=O) groups excluding carboxylic acids is 2. The normalized spacial score (nSPS) is 15.8. The number of fused-ring (bicyclic) bond motifs is 8. The van der Waals surface area contributed by atoms with E-state index in [-0.39, 0.29) is 56.2 Å². The number of esters is 1. The Labute approximate surface area is 284 Å². The summed E-state index contributed by atoms with van der Waals surface area (Å²) in [6.45, 7) is 9.78. The van der Waals surface area contributed by atoms with E-state index >= 15 is 0 Å². The molecule has 260 valence electrons. The Bertz CT molecular complexity index is 2010. The molecule has 8 bridgehead atoms. The number of amides is 1. The number of H-pyrrole nitrogens is 2. The minimum atomic E-state index is -0.958. The Balaban J connectivity index is 1.99. The van der Waals surface area contributed by atoms with Crippen molar-refractivity contribution in [2.24, 2.45) is 0 Å². The van der Waals surface area contributed by atoms with Crippen LogP contribution < -0.4 is 5.32 Å². The lowest BCUT2D eigenvalue weighted by molar-refractivity contribution is -0.140. The van der Waals surface area contributed by atoms with Crippen molar-refractivity contribution in [1.29, 1.82) is 0 Å². The summed E-state index contributed by atoms with van der Waals surface area (Å²) in [5.41, 5.74) is 10.1. The van der Waals surface area contributed by atoms with Crippen LogP contribution in [-0.2, 0) is 38.6 Å². The van der Waals surface area contributed by atoms with Gasteiger partial charge in [0.25, 0.3) is 5.91 Å². The second kappa shape index (κ2) is 14.8. The molecule has 0 aromatic carbocycles. The molecule has 2 unspecified atom stereocenters. The van der Waals surface area contributed by atoms with Crippen LogP contribution in [0.5, 0.6) is 0 Å². The van der Waals surface area contributed by atoms with Gasteiger partial charge in [-0.1, -0.05) is 13.8 Å². The van der Waals surface area contributed by atoms with Gasteiger partial charge in [-0.05, 0) is 80.5 Å². The Hall–Kier alpha value is -4.81. The minimum Gasteiger partial charge on any atom is -0.481 e. The van der Waals surface area contributed by atoms with Gasteiger partial charge in [-0.3, -0.25) is 19.4 Å². The fourth-order valence-electron chi connectivity index (χ4n) is 6.95. The molecular weight excluding hydrogens is 626 g/mol. The first-order valence-corrected chi connectivity index (χ1v) is 16.7. The lowest BCUT2D eigenvalue weighted by Gasteiger charge is -2.18. The fraction of sp³-hybridized carbons (Fsp3) is 0.432. The van der Waals surface area contributed by atoms with E-state index in [4.69, 9.17) is 14.7 Å². The zero-order chi connectivity index (χ0) is 35.6. The third-order valence-electron chi connectivity index (χ3n) is 9.84. The predicted octanol–water partition coefficient (Wildman–Crippen LogP) is 4.88. The lowest BCUT2D eigenvalue weighted by atomic mass is 9.84. The average molecular weight is 672 g/mol. The molecule has 6 N–H and O–H groups in total. The van der Waals surface area contributed by atoms with Crippen molar-refractivity contribution in [1.82, 2.24) is 25.3 Å². The number of nitrogens with one attached hydrogen (secondary N) is 3. The van der Waals surface area contributed by atoms with E-state index in [0.717, 1.165) is 50.7 Å². The lowest BCUT2D eigenvalue weighted by Crippen LogP contribution is -2.26. The first kappa shape index (κ1) is 35.5. The number of aromatic nitrogens is 4. The molecular formula is C37H45N5O7. The molecule has 2 atom stereocenters. The van der Waals surface area contributed by atoms with Crippen LogP contribution in [0.3, 0.4) is 0 Å². The van der Waals surface area contributed by atoms with E-state index < -0.39 is 23.8 Å². The first-order chi connectivity index (χ1) is 23.4. The summed E-state index contributed by atoms with van der Waals surface area (Å²) in [6.07, 6.45) is 0.948. The number of methoxy groups -OCH3 is 1. The maximum Gasteiger partial charge on any atom is 0.310 e. The number of carboxylic acids is 1. The highest BCUT2D eigenvalue weighted by atomic mass is 16.5. The second-order valence-electron chi connectivity index (χ2n) is 12.7. The quantitative estimate of drug-likeness (QED) is 0.122. The number of hydrogen-bond donors (Lipinski definition) is 6. The SMILES string of the molecule is CCc1c(C)c2cc3[nH]c(cc4nc(c(CC(=O)OC)c5nc(cc1[nH]2)C(C)=C5C(=O)NCCCO)C(CCC(=O)O)C4C)c(C)c3CO. The fourth-order valence-corrected chi connectivity index (χ4v) is 6.95. The highest BCUT2D eigenvalue weighted by Gasteiger charge is 2.35. The van der Waals surface area contributed by atoms with E-state index in [1.54, 1.807) is 0 Å². The van der Waals surface area contributed by atoms with Gasteiger partial charge in [0, 0.05) is 70.3 Å². The van der Waals surface area contributed by atoms with Crippen molar-refractivity contribution in [3.63, 3.8) is 0 Å². The molecule has 12 nitrogen and oxygen atoms in total. The van der Waals surface area contributed by atoms with Gasteiger partial charge in [-0.25, -0.2) is 4.98 Å². The van der Waals surface area contributed by atoms with Crippen molar-refractivity contribution in [3.8, 4) is 0 Å². The number of aliphatic hydroxyl groups excluding tert-OH is 2. The van der Waals surface area contributed by atoms with Gasteiger partial charge in [0.2, 0.25) is 0 Å².